The second-order valence-corrected chi connectivity index (χ2v) is 4.04. The molecule has 0 atom stereocenters. The summed E-state index contributed by atoms with van der Waals surface area (Å²) in [6, 6.07) is 1.05. The van der Waals surface area contributed by atoms with Crippen LogP contribution >= 0.6 is 0 Å². The van der Waals surface area contributed by atoms with E-state index < -0.39 is 38.0 Å². The number of nitrogen functional groups attached to an aromatic ring is 1. The second-order valence-electron chi connectivity index (χ2n) is 2.65. The Morgan fingerprint density at radius 3 is 2.12 bits per heavy atom. The number of hydrogen-bond donors (Lipinski definition) is 2. The van der Waals surface area contributed by atoms with Crippen molar-refractivity contribution in [3.8, 4) is 5.75 Å². The van der Waals surface area contributed by atoms with Gasteiger partial charge in [0.25, 0.3) is 10.1 Å². The fraction of sp³-hybridized carbons (Fsp3) is 0. The van der Waals surface area contributed by atoms with Gasteiger partial charge in [-0.2, -0.15) is 8.42 Å². The summed E-state index contributed by atoms with van der Waals surface area (Å²) >= 11 is 0. The summed E-state index contributed by atoms with van der Waals surface area (Å²) in [5.41, 5.74) is 3.85. The third-order valence-electron chi connectivity index (χ3n) is 1.61. The molecular formula is C7H5NNa2O6S. The molecule has 0 fully saturated rings. The van der Waals surface area contributed by atoms with E-state index in [-0.39, 0.29) is 59.1 Å². The Labute approximate surface area is 141 Å². The van der Waals surface area contributed by atoms with Crippen LogP contribution < -0.4 is 75.1 Å². The van der Waals surface area contributed by atoms with Gasteiger partial charge in [-0.15, -0.1) is 0 Å². The summed E-state index contributed by atoms with van der Waals surface area (Å²) in [7, 11) is -4.64. The Morgan fingerprint density at radius 1 is 1.29 bits per heavy atom. The fourth-order valence-corrected chi connectivity index (χ4v) is 1.57. The third-order valence-corrected chi connectivity index (χ3v) is 2.52. The molecule has 1 rings (SSSR count). The molecule has 82 valence electrons. The number of carboxylic acids is 1. The molecule has 0 aliphatic heterocycles. The molecule has 1 aromatic rings. The molecule has 7 nitrogen and oxygen atoms in total. The number of carboxylic acid groups (broad SMARTS) is 1. The second kappa shape index (κ2) is 6.95. The van der Waals surface area contributed by atoms with E-state index in [4.69, 9.17) is 10.3 Å². The van der Waals surface area contributed by atoms with Crippen LogP contribution in [0.1, 0.15) is 10.4 Å². The first-order valence-electron chi connectivity index (χ1n) is 3.53. The van der Waals surface area contributed by atoms with Crippen LogP contribution in [0.5, 0.6) is 5.75 Å². The van der Waals surface area contributed by atoms with Crippen LogP contribution in [-0.4, -0.2) is 18.9 Å². The van der Waals surface area contributed by atoms with Gasteiger partial charge in [-0.1, -0.05) is 5.75 Å². The van der Waals surface area contributed by atoms with Gasteiger partial charge in [-0.3, -0.25) is 4.55 Å². The molecular weight excluding hydrogens is 272 g/mol. The SMILES string of the molecule is Nc1cc(C(=O)[O-])c([O-])cc1S(=O)(=O)O.[Na+].[Na+]. The Morgan fingerprint density at radius 2 is 1.76 bits per heavy atom. The molecule has 0 bridgehead atoms. The maximum absolute atomic E-state index is 11.0. The van der Waals surface area contributed by atoms with E-state index in [0.717, 1.165) is 0 Å². The largest absolute Gasteiger partial charge is 1.00 e. The van der Waals surface area contributed by atoms with Crippen LogP contribution in [0, 0.1) is 0 Å². The summed E-state index contributed by atoms with van der Waals surface area (Å²) < 4.78 is 29.9. The van der Waals surface area contributed by atoms with Crippen LogP contribution in [0.25, 0.3) is 0 Å². The maximum Gasteiger partial charge on any atom is 1.00 e. The average molecular weight is 277 g/mol. The molecule has 0 radical (unpaired) electrons. The number of benzene rings is 1. The van der Waals surface area contributed by atoms with Crippen molar-refractivity contribution in [2.75, 3.05) is 5.73 Å². The van der Waals surface area contributed by atoms with Gasteiger partial charge in [0.05, 0.1) is 11.7 Å². The number of hydrogen-bond acceptors (Lipinski definition) is 6. The minimum Gasteiger partial charge on any atom is -0.872 e. The molecule has 0 heterocycles. The van der Waals surface area contributed by atoms with E-state index in [2.05, 4.69) is 0 Å². The van der Waals surface area contributed by atoms with E-state index in [1.54, 1.807) is 0 Å². The molecule has 0 saturated heterocycles. The Kier molecular flexibility index (Phi) is 7.99. The molecule has 0 amide bonds. The summed E-state index contributed by atoms with van der Waals surface area (Å²) in [5.74, 6) is -2.87. The van der Waals surface area contributed by atoms with Gasteiger partial charge in [-0.05, 0) is 17.7 Å². The summed E-state index contributed by atoms with van der Waals surface area (Å²) in [5, 5.41) is 21.4. The van der Waals surface area contributed by atoms with Crippen molar-refractivity contribution in [1.29, 1.82) is 0 Å². The van der Waals surface area contributed by atoms with Crippen molar-refractivity contribution in [1.82, 2.24) is 0 Å². The van der Waals surface area contributed by atoms with E-state index >= 15 is 0 Å². The maximum atomic E-state index is 11.0. The van der Waals surface area contributed by atoms with Gasteiger partial charge in [0.2, 0.25) is 0 Å². The zero-order chi connectivity index (χ0) is 11.8. The predicted octanol–water partition coefficient (Wildman–Crippen LogP) is -8.04. The monoisotopic (exact) mass is 277 g/mol. The number of carbonyl (C=O) groups excluding carboxylic acids is 1. The molecule has 0 aliphatic rings. The number of nitrogens with two attached hydrogens (primary N) is 1. The van der Waals surface area contributed by atoms with Crippen LogP contribution in [0.4, 0.5) is 5.69 Å². The Balaban J connectivity index is 0. The van der Waals surface area contributed by atoms with Crippen LogP contribution in [0.2, 0.25) is 0 Å². The summed E-state index contributed by atoms with van der Waals surface area (Å²) in [6.07, 6.45) is 0. The van der Waals surface area contributed by atoms with Crippen molar-refractivity contribution < 1.29 is 87.1 Å². The smallest absolute Gasteiger partial charge is 0.872 e. The van der Waals surface area contributed by atoms with Gasteiger partial charge in [0, 0.05) is 0 Å². The van der Waals surface area contributed by atoms with Gasteiger partial charge >= 0.3 is 59.1 Å². The predicted molar refractivity (Wildman–Crippen MR) is 44.4 cm³/mol. The van der Waals surface area contributed by atoms with Gasteiger partial charge in [0.15, 0.2) is 0 Å². The molecule has 0 saturated carbocycles. The molecule has 0 aliphatic carbocycles. The number of rotatable bonds is 2. The van der Waals surface area contributed by atoms with Crippen molar-refractivity contribution in [3.05, 3.63) is 17.7 Å². The normalized spacial score (nSPS) is 9.94. The van der Waals surface area contributed by atoms with E-state index in [0.29, 0.717) is 12.1 Å². The zero-order valence-electron chi connectivity index (χ0n) is 9.13. The zero-order valence-corrected chi connectivity index (χ0v) is 13.9. The van der Waals surface area contributed by atoms with Gasteiger partial charge in [0.1, 0.15) is 4.90 Å². The average Bonchev–Trinajstić information content (AvgIpc) is 2.06. The summed E-state index contributed by atoms with van der Waals surface area (Å²) in [4.78, 5) is 9.53. The minimum atomic E-state index is -4.64. The molecule has 17 heavy (non-hydrogen) atoms. The quantitative estimate of drug-likeness (QED) is 0.310. The first kappa shape index (κ1) is 19.5. The third kappa shape index (κ3) is 4.76. The molecule has 3 N–H and O–H groups in total. The molecule has 0 spiro atoms. The van der Waals surface area contributed by atoms with Crippen LogP contribution in [-0.2, 0) is 10.1 Å². The fourth-order valence-electron chi connectivity index (χ4n) is 0.961. The molecule has 10 heteroatoms. The van der Waals surface area contributed by atoms with Gasteiger partial charge in [-0.25, -0.2) is 0 Å². The number of aromatic carboxylic acids is 1. The van der Waals surface area contributed by atoms with Crippen LogP contribution in [0.3, 0.4) is 0 Å². The van der Waals surface area contributed by atoms with E-state index in [9.17, 15) is 23.4 Å². The van der Waals surface area contributed by atoms with Crippen molar-refractivity contribution in [2.24, 2.45) is 0 Å². The first-order chi connectivity index (χ1) is 6.73. The topological polar surface area (TPSA) is 144 Å². The van der Waals surface area contributed by atoms with E-state index in [1.165, 1.54) is 0 Å². The Bertz CT molecular complexity index is 529. The van der Waals surface area contributed by atoms with Crippen molar-refractivity contribution >= 4 is 21.8 Å². The molecule has 1 aromatic carbocycles. The molecule has 0 aromatic heterocycles. The number of carbonyl (C=O) groups is 1. The van der Waals surface area contributed by atoms with Crippen LogP contribution in [0.15, 0.2) is 17.0 Å². The first-order valence-corrected chi connectivity index (χ1v) is 4.97. The Hall–Kier alpha value is 0.200. The van der Waals surface area contributed by atoms with Crippen molar-refractivity contribution in [3.63, 3.8) is 0 Å². The van der Waals surface area contributed by atoms with Gasteiger partial charge < -0.3 is 20.7 Å². The molecule has 0 unspecified atom stereocenters. The standard InChI is InChI=1S/C7H7NO6S.2Na/c8-4-1-3(7(10)11)5(9)2-6(4)15(12,13)14;;/h1-2,9H,8H2,(H,10,11)(H,12,13,14);;/q;2*+1/p-2. The minimum absolute atomic E-state index is 0. The number of anilines is 1. The van der Waals surface area contributed by atoms with E-state index in [1.807, 2.05) is 0 Å². The summed E-state index contributed by atoms with van der Waals surface area (Å²) in [6.45, 7) is 0. The van der Waals surface area contributed by atoms with Crippen molar-refractivity contribution in [2.45, 2.75) is 4.90 Å².